The highest BCUT2D eigenvalue weighted by Crippen LogP contribution is 2.40. The summed E-state index contributed by atoms with van der Waals surface area (Å²) in [6.45, 7) is 0.888. The van der Waals surface area contributed by atoms with Gasteiger partial charge in [-0.1, -0.05) is 35.3 Å². The largest absolute Gasteiger partial charge is 0.491 e. The number of rotatable bonds is 7. The molecule has 1 N–H and O–H groups in total. The summed E-state index contributed by atoms with van der Waals surface area (Å²) >= 11 is 12.6. The number of aromatic amines is 1. The molecule has 0 aliphatic carbocycles. The van der Waals surface area contributed by atoms with Gasteiger partial charge >= 0.3 is 5.69 Å². The summed E-state index contributed by atoms with van der Waals surface area (Å²) < 4.78 is 21.8. The molecule has 0 amide bonds. The number of aromatic nitrogens is 5. The van der Waals surface area contributed by atoms with Crippen LogP contribution in [-0.2, 0) is 21.8 Å². The molecule has 2 aromatic carbocycles. The first-order chi connectivity index (χ1) is 16.0. The Kier molecular flexibility index (Phi) is 5.94. The predicted molar refractivity (Wildman–Crippen MR) is 121 cm³/mol. The molecule has 0 spiro atoms. The second kappa shape index (κ2) is 9.03. The number of imidazole rings is 1. The molecule has 0 saturated carbocycles. The van der Waals surface area contributed by atoms with E-state index in [1.165, 1.54) is 10.9 Å². The first-order valence-electron chi connectivity index (χ1n) is 10.1. The smallest absolute Gasteiger partial charge is 0.347 e. The summed E-state index contributed by atoms with van der Waals surface area (Å²) in [6, 6.07) is 12.4. The lowest BCUT2D eigenvalue weighted by molar-refractivity contribution is -0.189. The lowest BCUT2D eigenvalue weighted by Crippen LogP contribution is -2.34. The van der Waals surface area contributed by atoms with E-state index in [4.69, 9.17) is 37.4 Å². The zero-order valence-corrected chi connectivity index (χ0v) is 18.7. The highest BCUT2D eigenvalue weighted by Gasteiger charge is 2.45. The van der Waals surface area contributed by atoms with Crippen molar-refractivity contribution >= 4 is 23.2 Å². The second-order valence-corrected chi connectivity index (χ2v) is 8.35. The van der Waals surface area contributed by atoms with E-state index in [-0.39, 0.29) is 18.4 Å². The number of hydrogen-bond acceptors (Lipinski definition) is 6. The van der Waals surface area contributed by atoms with E-state index in [2.05, 4.69) is 15.2 Å². The van der Waals surface area contributed by atoms with Gasteiger partial charge in [0.2, 0.25) is 5.79 Å². The van der Waals surface area contributed by atoms with Crippen molar-refractivity contribution in [1.82, 2.24) is 24.3 Å². The fraction of sp³-hybridized carbons (Fsp3) is 0.227. The summed E-state index contributed by atoms with van der Waals surface area (Å²) in [7, 11) is 0. The zero-order chi connectivity index (χ0) is 22.8. The summed E-state index contributed by atoms with van der Waals surface area (Å²) in [5.41, 5.74) is 0.979. The molecule has 5 rings (SSSR count). The van der Waals surface area contributed by atoms with Crippen molar-refractivity contribution in [3.63, 3.8) is 0 Å². The van der Waals surface area contributed by atoms with Crippen molar-refractivity contribution in [3.8, 4) is 11.4 Å². The molecule has 0 radical (unpaired) electrons. The maximum absolute atomic E-state index is 11.8. The average molecular weight is 488 g/mol. The Balaban J connectivity index is 1.34. The fourth-order valence-electron chi connectivity index (χ4n) is 3.72. The Labute approximate surface area is 198 Å². The zero-order valence-electron chi connectivity index (χ0n) is 17.2. The minimum atomic E-state index is -1.12. The molecular weight excluding hydrogens is 469 g/mol. The molecule has 4 aromatic rings. The topological polar surface area (TPSA) is 96.2 Å². The van der Waals surface area contributed by atoms with Gasteiger partial charge in [-0.15, -0.1) is 0 Å². The number of ether oxygens (including phenoxy) is 3. The Morgan fingerprint density at radius 2 is 2.12 bits per heavy atom. The van der Waals surface area contributed by atoms with Gasteiger partial charge in [-0.05, 0) is 24.3 Å². The van der Waals surface area contributed by atoms with Crippen LogP contribution >= 0.6 is 23.2 Å². The van der Waals surface area contributed by atoms with Crippen LogP contribution in [0.25, 0.3) is 5.69 Å². The Hall–Kier alpha value is -3.11. The van der Waals surface area contributed by atoms with E-state index in [1.807, 2.05) is 10.8 Å². The quantitative estimate of drug-likeness (QED) is 0.429. The van der Waals surface area contributed by atoms with Gasteiger partial charge < -0.3 is 18.8 Å². The van der Waals surface area contributed by atoms with E-state index >= 15 is 0 Å². The van der Waals surface area contributed by atoms with Crippen LogP contribution < -0.4 is 10.4 Å². The molecule has 1 aliphatic heterocycles. The van der Waals surface area contributed by atoms with Gasteiger partial charge in [-0.25, -0.2) is 19.4 Å². The standard InChI is InChI=1S/C22H19Cl2N5O4/c23-15-4-5-19(20(24)8-15)22(12-28-7-6-25-13-28)32-11-18(33-22)10-31-17-3-1-2-16(9-17)29-14-26-27-21(29)30/h1-9,13-14,18H,10-12H2,(H,27,30). The third-order valence-electron chi connectivity index (χ3n) is 5.23. The van der Waals surface area contributed by atoms with Gasteiger partial charge in [0.15, 0.2) is 0 Å². The van der Waals surface area contributed by atoms with Crippen LogP contribution in [0.15, 0.2) is 72.3 Å². The minimum Gasteiger partial charge on any atom is -0.491 e. The summed E-state index contributed by atoms with van der Waals surface area (Å²) in [5, 5.41) is 7.09. The summed E-state index contributed by atoms with van der Waals surface area (Å²) in [4.78, 5) is 15.9. The number of nitrogens with one attached hydrogen (secondary N) is 1. The lowest BCUT2D eigenvalue weighted by Gasteiger charge is -2.30. The molecule has 1 fully saturated rings. The van der Waals surface area contributed by atoms with Crippen molar-refractivity contribution in [2.75, 3.05) is 13.2 Å². The van der Waals surface area contributed by atoms with E-state index in [1.54, 1.807) is 55.0 Å². The van der Waals surface area contributed by atoms with Gasteiger partial charge in [0.25, 0.3) is 0 Å². The van der Waals surface area contributed by atoms with Crippen LogP contribution in [0.5, 0.6) is 5.75 Å². The highest BCUT2D eigenvalue weighted by atomic mass is 35.5. The number of hydrogen-bond donors (Lipinski definition) is 1. The maximum atomic E-state index is 11.8. The Bertz CT molecular complexity index is 1310. The molecule has 170 valence electrons. The molecule has 1 aliphatic rings. The Morgan fingerprint density at radius 3 is 2.88 bits per heavy atom. The van der Waals surface area contributed by atoms with Gasteiger partial charge in [0.05, 0.1) is 30.2 Å². The SMILES string of the molecule is O=c1[nH]ncn1-c1cccc(OCC2COC(Cn3ccnc3)(c3ccc(Cl)cc3Cl)O2)c1. The molecule has 1 saturated heterocycles. The number of nitrogens with zero attached hydrogens (tertiary/aromatic N) is 4. The molecule has 2 unspecified atom stereocenters. The first kappa shape index (κ1) is 21.7. The summed E-state index contributed by atoms with van der Waals surface area (Å²) in [5.74, 6) is -0.539. The summed E-state index contributed by atoms with van der Waals surface area (Å²) in [6.07, 6.45) is 6.25. The van der Waals surface area contributed by atoms with Crippen molar-refractivity contribution in [2.24, 2.45) is 0 Å². The highest BCUT2D eigenvalue weighted by molar-refractivity contribution is 6.35. The van der Waals surface area contributed by atoms with Crippen molar-refractivity contribution in [1.29, 1.82) is 0 Å². The van der Waals surface area contributed by atoms with Crippen LogP contribution in [-0.4, -0.2) is 43.6 Å². The first-order valence-corrected chi connectivity index (χ1v) is 10.9. The normalized spacial score (nSPS) is 20.2. The number of halogens is 2. The van der Waals surface area contributed by atoms with E-state index in [0.717, 1.165) is 0 Å². The molecule has 2 aromatic heterocycles. The van der Waals surface area contributed by atoms with Gasteiger partial charge in [-0.2, -0.15) is 5.10 Å². The van der Waals surface area contributed by atoms with Crippen molar-refractivity contribution in [2.45, 2.75) is 18.4 Å². The predicted octanol–water partition coefficient (Wildman–Crippen LogP) is 3.41. The van der Waals surface area contributed by atoms with E-state index in [9.17, 15) is 4.79 Å². The fourth-order valence-corrected chi connectivity index (χ4v) is 4.27. The monoisotopic (exact) mass is 487 g/mol. The van der Waals surface area contributed by atoms with Crippen LogP contribution in [0, 0.1) is 0 Å². The molecule has 9 nitrogen and oxygen atoms in total. The average Bonchev–Trinajstić information content (AvgIpc) is 3.55. The third-order valence-corrected chi connectivity index (χ3v) is 5.78. The Morgan fingerprint density at radius 1 is 1.21 bits per heavy atom. The van der Waals surface area contributed by atoms with Gasteiger partial charge in [0.1, 0.15) is 24.8 Å². The van der Waals surface area contributed by atoms with Crippen molar-refractivity contribution < 1.29 is 14.2 Å². The van der Waals surface area contributed by atoms with Gasteiger partial charge in [-0.3, -0.25) is 0 Å². The maximum Gasteiger partial charge on any atom is 0.347 e. The van der Waals surface area contributed by atoms with Crippen LogP contribution in [0.3, 0.4) is 0 Å². The number of H-pyrrole nitrogens is 1. The van der Waals surface area contributed by atoms with Crippen molar-refractivity contribution in [3.05, 3.63) is 93.6 Å². The second-order valence-electron chi connectivity index (χ2n) is 7.50. The van der Waals surface area contributed by atoms with E-state index < -0.39 is 5.79 Å². The molecule has 3 heterocycles. The van der Waals surface area contributed by atoms with Crippen LogP contribution in [0.4, 0.5) is 0 Å². The molecule has 2 atom stereocenters. The molecular formula is C22H19Cl2N5O4. The van der Waals surface area contributed by atoms with Gasteiger partial charge in [0, 0.05) is 29.0 Å². The van der Waals surface area contributed by atoms with Crippen LogP contribution in [0.1, 0.15) is 5.56 Å². The molecule has 11 heteroatoms. The van der Waals surface area contributed by atoms with Crippen LogP contribution in [0.2, 0.25) is 10.0 Å². The molecule has 0 bridgehead atoms. The lowest BCUT2D eigenvalue weighted by atomic mass is 10.1. The van der Waals surface area contributed by atoms with E-state index in [0.29, 0.717) is 40.2 Å². The minimum absolute atomic E-state index is 0.237. The molecule has 33 heavy (non-hydrogen) atoms. The third kappa shape index (κ3) is 4.53. The number of benzene rings is 2.